The monoisotopic (exact) mass is 574 g/mol. The summed E-state index contributed by atoms with van der Waals surface area (Å²) in [5, 5.41) is -0.0238. The van der Waals surface area contributed by atoms with Crippen molar-refractivity contribution >= 4 is 28.9 Å². The van der Waals surface area contributed by atoms with E-state index in [4.69, 9.17) is 32.8 Å². The number of hydrogen-bond acceptors (Lipinski definition) is 11. The molecule has 5 rings (SSSR count). The van der Waals surface area contributed by atoms with E-state index < -0.39 is 35.5 Å². The van der Waals surface area contributed by atoms with Crippen LogP contribution in [0.4, 0.5) is 0 Å². The number of hydrogen-bond donors (Lipinski definition) is 0. The van der Waals surface area contributed by atoms with Crippen molar-refractivity contribution in [3.63, 3.8) is 0 Å². The fourth-order valence-electron chi connectivity index (χ4n) is 4.56. The van der Waals surface area contributed by atoms with E-state index in [-0.39, 0.29) is 46.3 Å². The quantitative estimate of drug-likeness (QED) is 0.223. The van der Waals surface area contributed by atoms with Crippen molar-refractivity contribution in [2.75, 3.05) is 13.7 Å². The number of ether oxygens (including phenoxy) is 6. The zero-order valence-corrected chi connectivity index (χ0v) is 23.1. The number of carbonyl (C=O) groups excluding carboxylic acids is 3. The Hall–Kier alpha value is -5.32. The second-order valence-corrected chi connectivity index (χ2v) is 9.34. The molecule has 0 fully saturated rings. The molecular weight excluding hydrogens is 548 g/mol. The second-order valence-electron chi connectivity index (χ2n) is 9.34. The number of esters is 3. The van der Waals surface area contributed by atoms with Gasteiger partial charge in [0, 0.05) is 44.0 Å². The van der Waals surface area contributed by atoms with Crippen LogP contribution in [0.1, 0.15) is 32.4 Å². The number of carbonyl (C=O) groups is 3. The highest BCUT2D eigenvalue weighted by Crippen LogP contribution is 2.49. The maximum Gasteiger partial charge on any atom is 0.308 e. The number of rotatable bonds is 7. The molecule has 216 valence electrons. The minimum absolute atomic E-state index is 0.0238. The highest BCUT2D eigenvalue weighted by Gasteiger charge is 2.38. The Morgan fingerprint density at radius 3 is 2.24 bits per heavy atom. The van der Waals surface area contributed by atoms with Crippen LogP contribution in [0.5, 0.6) is 28.7 Å². The molecule has 0 spiro atoms. The van der Waals surface area contributed by atoms with Gasteiger partial charge in [-0.1, -0.05) is 36.4 Å². The summed E-state index contributed by atoms with van der Waals surface area (Å²) in [5.74, 6) is -1.15. The maximum absolute atomic E-state index is 13.4. The zero-order chi connectivity index (χ0) is 30.0. The summed E-state index contributed by atoms with van der Waals surface area (Å²) in [6, 6.07) is 16.6. The summed E-state index contributed by atoms with van der Waals surface area (Å²) >= 11 is 0. The Balaban J connectivity index is 1.67. The molecule has 0 radical (unpaired) electrons. The van der Waals surface area contributed by atoms with Crippen LogP contribution in [-0.4, -0.2) is 37.7 Å². The van der Waals surface area contributed by atoms with Gasteiger partial charge >= 0.3 is 17.9 Å². The van der Waals surface area contributed by atoms with Gasteiger partial charge in [0.25, 0.3) is 0 Å². The molecule has 0 bridgehead atoms. The second kappa shape index (κ2) is 11.7. The minimum atomic E-state index is -0.951. The molecule has 1 aromatic heterocycles. The average Bonchev–Trinajstić information content (AvgIpc) is 2.95. The van der Waals surface area contributed by atoms with Crippen molar-refractivity contribution in [2.24, 2.45) is 0 Å². The van der Waals surface area contributed by atoms with E-state index in [1.807, 2.05) is 18.2 Å². The van der Waals surface area contributed by atoms with Crippen LogP contribution in [0.25, 0.3) is 22.3 Å². The SMILES string of the molecule is COc1cc([C@@H]2Oc3cc4oc(-c5ccccc5)cc(=O)c4c(OC(C)=O)c3O[C@H]2COC(C)=O)ccc1OC(C)=O. The maximum atomic E-state index is 13.4. The first kappa shape index (κ1) is 28.2. The highest BCUT2D eigenvalue weighted by atomic mass is 16.6. The molecule has 3 aromatic carbocycles. The molecule has 2 atom stereocenters. The van der Waals surface area contributed by atoms with Crippen LogP contribution in [0.3, 0.4) is 0 Å². The topological polar surface area (TPSA) is 137 Å². The average molecular weight is 575 g/mol. The van der Waals surface area contributed by atoms with Crippen LogP contribution in [0.2, 0.25) is 0 Å². The smallest absolute Gasteiger partial charge is 0.308 e. The Morgan fingerprint density at radius 2 is 1.57 bits per heavy atom. The molecule has 11 heteroatoms. The van der Waals surface area contributed by atoms with E-state index >= 15 is 0 Å². The first-order valence-corrected chi connectivity index (χ1v) is 12.9. The van der Waals surface area contributed by atoms with Gasteiger partial charge in [0.2, 0.25) is 5.75 Å². The van der Waals surface area contributed by atoms with Crippen molar-refractivity contribution in [3.05, 3.63) is 76.5 Å². The first-order chi connectivity index (χ1) is 20.1. The van der Waals surface area contributed by atoms with Crippen molar-refractivity contribution in [2.45, 2.75) is 33.0 Å². The zero-order valence-electron chi connectivity index (χ0n) is 23.1. The van der Waals surface area contributed by atoms with Gasteiger partial charge in [-0.15, -0.1) is 0 Å². The molecule has 42 heavy (non-hydrogen) atoms. The molecular formula is C31H26O11. The fourth-order valence-corrected chi connectivity index (χ4v) is 4.56. The number of fused-ring (bicyclic) bond motifs is 2. The standard InChI is InChI=1S/C31H26O11/c1-16(32)37-15-27-29(20-10-11-22(38-17(2)33)24(12-20)36-4)41-26-14-25-28(31(30(26)42-27)39-18(3)34)21(35)13-23(40-25)19-8-6-5-7-9-19/h5-14,27,29H,15H2,1-4H3/t27-,29-/m0/s1. The summed E-state index contributed by atoms with van der Waals surface area (Å²) in [4.78, 5) is 48.7. The lowest BCUT2D eigenvalue weighted by molar-refractivity contribution is -0.145. The van der Waals surface area contributed by atoms with Gasteiger partial charge in [-0.2, -0.15) is 0 Å². The lowest BCUT2D eigenvalue weighted by Gasteiger charge is -2.34. The highest BCUT2D eigenvalue weighted by molar-refractivity contribution is 5.92. The molecule has 4 aromatic rings. The lowest BCUT2D eigenvalue weighted by atomic mass is 10.0. The van der Waals surface area contributed by atoms with Gasteiger partial charge in [0.05, 0.1) is 7.11 Å². The number of benzene rings is 3. The van der Waals surface area contributed by atoms with Gasteiger partial charge < -0.3 is 32.8 Å². The molecule has 0 N–H and O–H groups in total. The van der Waals surface area contributed by atoms with Crippen molar-refractivity contribution in [1.82, 2.24) is 0 Å². The van der Waals surface area contributed by atoms with Gasteiger partial charge in [0.1, 0.15) is 23.3 Å². The van der Waals surface area contributed by atoms with Gasteiger partial charge in [-0.05, 0) is 12.1 Å². The molecule has 0 aliphatic carbocycles. The third-order valence-electron chi connectivity index (χ3n) is 6.28. The third-order valence-corrected chi connectivity index (χ3v) is 6.28. The van der Waals surface area contributed by atoms with Crippen LogP contribution in [0.15, 0.2) is 69.9 Å². The van der Waals surface area contributed by atoms with Gasteiger partial charge in [0.15, 0.2) is 40.6 Å². The van der Waals surface area contributed by atoms with E-state index in [0.29, 0.717) is 16.9 Å². The van der Waals surface area contributed by atoms with Gasteiger partial charge in [-0.25, -0.2) is 0 Å². The molecule has 0 unspecified atom stereocenters. The molecule has 11 nitrogen and oxygen atoms in total. The van der Waals surface area contributed by atoms with E-state index in [1.165, 1.54) is 46.1 Å². The Bertz CT molecular complexity index is 1740. The van der Waals surface area contributed by atoms with Crippen LogP contribution in [-0.2, 0) is 19.1 Å². The Labute approximate surface area is 239 Å². The third kappa shape index (κ3) is 5.75. The van der Waals surface area contributed by atoms with E-state index in [1.54, 1.807) is 24.3 Å². The lowest BCUT2D eigenvalue weighted by Crippen LogP contribution is -2.37. The fraction of sp³-hybridized carbons (Fsp3) is 0.226. The Kier molecular flexibility index (Phi) is 7.83. The molecule has 1 aliphatic heterocycles. The largest absolute Gasteiger partial charge is 0.493 e. The number of methoxy groups -OCH3 is 1. The van der Waals surface area contributed by atoms with E-state index in [2.05, 4.69) is 0 Å². The molecule has 0 saturated heterocycles. The van der Waals surface area contributed by atoms with Crippen molar-refractivity contribution in [1.29, 1.82) is 0 Å². The van der Waals surface area contributed by atoms with Crippen LogP contribution < -0.4 is 29.1 Å². The summed E-state index contributed by atoms with van der Waals surface area (Å²) in [6.45, 7) is 3.46. The normalized spacial score (nSPS) is 15.5. The predicted molar refractivity (Wildman–Crippen MR) is 148 cm³/mol. The summed E-state index contributed by atoms with van der Waals surface area (Å²) in [7, 11) is 1.42. The molecule has 1 aliphatic rings. The molecule has 2 heterocycles. The molecule has 0 saturated carbocycles. The van der Waals surface area contributed by atoms with Crippen molar-refractivity contribution in [3.8, 4) is 40.1 Å². The summed E-state index contributed by atoms with van der Waals surface area (Å²) < 4.78 is 40.0. The van der Waals surface area contributed by atoms with Crippen LogP contribution in [0, 0.1) is 0 Å². The Morgan fingerprint density at radius 1 is 0.833 bits per heavy atom. The molecule has 0 amide bonds. The first-order valence-electron chi connectivity index (χ1n) is 12.9. The van der Waals surface area contributed by atoms with E-state index in [9.17, 15) is 19.2 Å². The predicted octanol–water partition coefficient (Wildman–Crippen LogP) is 4.76. The van der Waals surface area contributed by atoms with Gasteiger partial charge in [-0.3, -0.25) is 19.2 Å². The van der Waals surface area contributed by atoms with Crippen molar-refractivity contribution < 1.29 is 47.2 Å². The summed E-state index contributed by atoms with van der Waals surface area (Å²) in [6.07, 6.45) is -1.84. The summed E-state index contributed by atoms with van der Waals surface area (Å²) in [5.41, 5.74) is 0.820. The van der Waals surface area contributed by atoms with Crippen LogP contribution >= 0.6 is 0 Å². The minimum Gasteiger partial charge on any atom is -0.493 e. The van der Waals surface area contributed by atoms with E-state index in [0.717, 1.165) is 0 Å².